The number of guanidine groups is 1. The van der Waals surface area contributed by atoms with E-state index in [-0.39, 0.29) is 24.0 Å². The molecular weight excluding hydrogens is 518 g/mol. The SMILES string of the molecule is CCNC(=NCC(C)CN1CCN(CC)CC1)N(C)Cc1ccc(C(F)(F)F)cc1.I. The fourth-order valence-corrected chi connectivity index (χ4v) is 3.65. The van der Waals surface area contributed by atoms with E-state index in [9.17, 15) is 13.2 Å². The predicted molar refractivity (Wildman–Crippen MR) is 132 cm³/mol. The Labute approximate surface area is 202 Å². The highest BCUT2D eigenvalue weighted by Crippen LogP contribution is 2.29. The number of rotatable bonds is 8. The van der Waals surface area contributed by atoms with Gasteiger partial charge in [-0.05, 0) is 37.1 Å². The number of nitrogens with zero attached hydrogens (tertiary/aromatic N) is 4. The maximum Gasteiger partial charge on any atom is 0.416 e. The van der Waals surface area contributed by atoms with Gasteiger partial charge in [0.15, 0.2) is 5.96 Å². The van der Waals surface area contributed by atoms with Gasteiger partial charge in [-0.3, -0.25) is 4.99 Å². The van der Waals surface area contributed by atoms with Gasteiger partial charge < -0.3 is 20.0 Å². The van der Waals surface area contributed by atoms with E-state index in [1.54, 1.807) is 0 Å². The maximum atomic E-state index is 12.7. The van der Waals surface area contributed by atoms with Crippen LogP contribution >= 0.6 is 24.0 Å². The first-order valence-electron chi connectivity index (χ1n) is 10.8. The van der Waals surface area contributed by atoms with Crippen molar-refractivity contribution >= 4 is 29.9 Å². The van der Waals surface area contributed by atoms with Crippen molar-refractivity contribution in [2.45, 2.75) is 33.5 Å². The summed E-state index contributed by atoms with van der Waals surface area (Å²) in [6.45, 7) is 15.0. The van der Waals surface area contributed by atoms with E-state index in [1.165, 1.54) is 12.1 Å². The molecule has 1 aliphatic heterocycles. The number of halogens is 4. The molecule has 0 bridgehead atoms. The Morgan fingerprint density at radius 3 is 2.19 bits per heavy atom. The van der Waals surface area contributed by atoms with Crippen molar-refractivity contribution in [2.24, 2.45) is 10.9 Å². The third kappa shape index (κ3) is 9.53. The van der Waals surface area contributed by atoms with Crippen LogP contribution in [0.3, 0.4) is 0 Å². The Morgan fingerprint density at radius 2 is 1.68 bits per heavy atom. The normalized spacial score (nSPS) is 17.2. The van der Waals surface area contributed by atoms with E-state index in [0.29, 0.717) is 19.0 Å². The number of likely N-dealkylation sites (N-methyl/N-ethyl adjacent to an activating group) is 1. The summed E-state index contributed by atoms with van der Waals surface area (Å²) in [4.78, 5) is 11.7. The summed E-state index contributed by atoms with van der Waals surface area (Å²) in [7, 11) is 1.91. The van der Waals surface area contributed by atoms with Crippen LogP contribution in [0, 0.1) is 5.92 Å². The quantitative estimate of drug-likeness (QED) is 0.299. The standard InChI is InChI=1S/C22H36F3N5.HI/c1-5-26-21(27-15-18(3)16-30-13-11-29(6-2)12-14-30)28(4)17-19-7-9-20(10-8-19)22(23,24)25;/h7-10,18H,5-6,11-17H2,1-4H3,(H,26,27);1H. The number of alkyl halides is 3. The molecule has 9 heteroatoms. The van der Waals surface area contributed by atoms with Crippen LogP contribution in [0.2, 0.25) is 0 Å². The summed E-state index contributed by atoms with van der Waals surface area (Å²) in [5.74, 6) is 1.21. The maximum absolute atomic E-state index is 12.7. The zero-order valence-corrected chi connectivity index (χ0v) is 21.4. The smallest absolute Gasteiger partial charge is 0.357 e. The zero-order chi connectivity index (χ0) is 22.1. The number of benzene rings is 1. The molecular formula is C22H37F3IN5. The Balaban J connectivity index is 0.00000480. The highest BCUT2D eigenvalue weighted by molar-refractivity contribution is 14.0. The van der Waals surface area contributed by atoms with E-state index in [0.717, 1.165) is 69.5 Å². The lowest BCUT2D eigenvalue weighted by molar-refractivity contribution is -0.137. The van der Waals surface area contributed by atoms with Gasteiger partial charge in [0.25, 0.3) is 0 Å². The molecule has 1 saturated heterocycles. The predicted octanol–water partition coefficient (Wildman–Crippen LogP) is 3.99. The van der Waals surface area contributed by atoms with Crippen molar-refractivity contribution in [3.8, 4) is 0 Å². The van der Waals surface area contributed by atoms with Gasteiger partial charge in [-0.25, -0.2) is 0 Å². The topological polar surface area (TPSA) is 34.1 Å². The van der Waals surface area contributed by atoms with E-state index >= 15 is 0 Å². The van der Waals surface area contributed by atoms with Crippen molar-refractivity contribution in [3.63, 3.8) is 0 Å². The van der Waals surface area contributed by atoms with Gasteiger partial charge in [0.05, 0.1) is 5.56 Å². The van der Waals surface area contributed by atoms with Gasteiger partial charge in [0.2, 0.25) is 0 Å². The largest absolute Gasteiger partial charge is 0.416 e. The summed E-state index contributed by atoms with van der Waals surface area (Å²) in [5, 5.41) is 3.29. The molecule has 1 aromatic carbocycles. The van der Waals surface area contributed by atoms with Crippen LogP contribution in [-0.2, 0) is 12.7 Å². The van der Waals surface area contributed by atoms with Crippen LogP contribution < -0.4 is 5.32 Å². The average Bonchev–Trinajstić information content (AvgIpc) is 2.71. The second-order valence-electron chi connectivity index (χ2n) is 8.09. The minimum atomic E-state index is -4.31. The number of hydrogen-bond donors (Lipinski definition) is 1. The van der Waals surface area contributed by atoms with E-state index in [4.69, 9.17) is 4.99 Å². The summed E-state index contributed by atoms with van der Waals surface area (Å²) < 4.78 is 38.2. The number of hydrogen-bond acceptors (Lipinski definition) is 3. The molecule has 0 radical (unpaired) electrons. The average molecular weight is 555 g/mol. The molecule has 0 aromatic heterocycles. The molecule has 1 aliphatic rings. The van der Waals surface area contributed by atoms with Crippen LogP contribution in [0.5, 0.6) is 0 Å². The molecule has 0 spiro atoms. The number of aliphatic imine (C=N–C) groups is 1. The second kappa shape index (κ2) is 13.5. The van der Waals surface area contributed by atoms with Crippen LogP contribution in [-0.4, -0.2) is 80.1 Å². The Bertz CT molecular complexity index is 658. The Kier molecular flexibility index (Phi) is 12.2. The first-order valence-corrected chi connectivity index (χ1v) is 10.8. The van der Waals surface area contributed by atoms with Crippen LogP contribution in [0.4, 0.5) is 13.2 Å². The molecule has 1 atom stereocenters. The lowest BCUT2D eigenvalue weighted by Crippen LogP contribution is -2.47. The van der Waals surface area contributed by atoms with Gasteiger partial charge in [0.1, 0.15) is 0 Å². The molecule has 1 unspecified atom stereocenters. The number of nitrogens with one attached hydrogen (secondary N) is 1. The molecule has 1 aromatic rings. The van der Waals surface area contributed by atoms with Crippen LogP contribution in [0.1, 0.15) is 31.9 Å². The van der Waals surface area contributed by atoms with E-state index < -0.39 is 11.7 Å². The lowest BCUT2D eigenvalue weighted by atomic mass is 10.1. The monoisotopic (exact) mass is 555 g/mol. The van der Waals surface area contributed by atoms with Crippen molar-refractivity contribution in [1.29, 1.82) is 0 Å². The first kappa shape index (κ1) is 28.0. The van der Waals surface area contributed by atoms with Crippen molar-refractivity contribution in [2.75, 3.05) is 59.4 Å². The molecule has 1 heterocycles. The minimum Gasteiger partial charge on any atom is -0.357 e. The van der Waals surface area contributed by atoms with Gasteiger partial charge in [-0.1, -0.05) is 26.0 Å². The molecule has 2 rings (SSSR count). The van der Waals surface area contributed by atoms with Gasteiger partial charge >= 0.3 is 6.18 Å². The first-order chi connectivity index (χ1) is 14.2. The Morgan fingerprint density at radius 1 is 1.10 bits per heavy atom. The van der Waals surface area contributed by atoms with Crippen molar-refractivity contribution in [3.05, 3.63) is 35.4 Å². The summed E-state index contributed by atoms with van der Waals surface area (Å²) in [6.07, 6.45) is -4.31. The number of piperazine rings is 1. The zero-order valence-electron chi connectivity index (χ0n) is 19.1. The molecule has 1 fully saturated rings. The molecule has 178 valence electrons. The highest BCUT2D eigenvalue weighted by Gasteiger charge is 2.30. The van der Waals surface area contributed by atoms with E-state index in [2.05, 4.69) is 29.0 Å². The second-order valence-corrected chi connectivity index (χ2v) is 8.09. The molecule has 0 amide bonds. The molecule has 1 N–H and O–H groups in total. The van der Waals surface area contributed by atoms with Gasteiger partial charge in [0, 0.05) is 59.4 Å². The van der Waals surface area contributed by atoms with Crippen LogP contribution in [0.15, 0.2) is 29.3 Å². The third-order valence-corrected chi connectivity index (χ3v) is 5.43. The minimum absolute atomic E-state index is 0. The molecule has 0 saturated carbocycles. The van der Waals surface area contributed by atoms with Gasteiger partial charge in [-0.2, -0.15) is 13.2 Å². The summed E-state index contributed by atoms with van der Waals surface area (Å²) in [6, 6.07) is 5.32. The van der Waals surface area contributed by atoms with Crippen molar-refractivity contribution < 1.29 is 13.2 Å². The summed E-state index contributed by atoms with van der Waals surface area (Å²) >= 11 is 0. The molecule has 0 aliphatic carbocycles. The fraction of sp³-hybridized carbons (Fsp3) is 0.682. The summed E-state index contributed by atoms with van der Waals surface area (Å²) in [5.41, 5.74) is 0.195. The van der Waals surface area contributed by atoms with Gasteiger partial charge in [-0.15, -0.1) is 24.0 Å². The molecule has 5 nitrogen and oxygen atoms in total. The Hall–Kier alpha value is -1.07. The van der Waals surface area contributed by atoms with Crippen molar-refractivity contribution in [1.82, 2.24) is 20.0 Å². The fourth-order valence-electron chi connectivity index (χ4n) is 3.65. The molecule has 31 heavy (non-hydrogen) atoms. The highest BCUT2D eigenvalue weighted by atomic mass is 127. The van der Waals surface area contributed by atoms with E-state index in [1.807, 2.05) is 18.9 Å². The third-order valence-electron chi connectivity index (χ3n) is 5.43. The lowest BCUT2D eigenvalue weighted by Gasteiger charge is -2.35. The van der Waals surface area contributed by atoms with Crippen LogP contribution in [0.25, 0.3) is 0 Å².